The second-order valence-electron chi connectivity index (χ2n) is 6.68. The van der Waals surface area contributed by atoms with E-state index in [9.17, 15) is 4.79 Å². The predicted octanol–water partition coefficient (Wildman–Crippen LogP) is 4.01. The second kappa shape index (κ2) is 8.61. The van der Waals surface area contributed by atoms with Gasteiger partial charge in [-0.3, -0.25) is 9.48 Å². The number of benzene rings is 1. The zero-order valence-electron chi connectivity index (χ0n) is 15.0. The van der Waals surface area contributed by atoms with Gasteiger partial charge in [0.2, 0.25) is 0 Å². The Morgan fingerprint density at radius 1 is 1.44 bits per heavy atom. The number of fused-ring (bicyclic) bond motifs is 1. The van der Waals surface area contributed by atoms with Gasteiger partial charge in [-0.05, 0) is 44.0 Å². The molecule has 4 rings (SSSR count). The third-order valence-corrected chi connectivity index (χ3v) is 6.26. The van der Waals surface area contributed by atoms with E-state index in [-0.39, 0.29) is 24.4 Å². The van der Waals surface area contributed by atoms with Crippen molar-refractivity contribution in [3.8, 4) is 0 Å². The van der Waals surface area contributed by atoms with Crippen molar-refractivity contribution >= 4 is 51.5 Å². The molecule has 1 saturated heterocycles. The number of hydrogen-bond donors (Lipinski definition) is 2. The van der Waals surface area contributed by atoms with Gasteiger partial charge in [-0.15, -0.1) is 23.7 Å². The summed E-state index contributed by atoms with van der Waals surface area (Å²) in [5.74, 6) is 0.00333. The quantitative estimate of drug-likeness (QED) is 0.664. The number of thiophene rings is 1. The first-order valence-electron chi connectivity index (χ1n) is 8.84. The molecule has 8 heteroatoms. The monoisotopic (exact) mass is 424 g/mol. The number of hydrogen-bond acceptors (Lipinski definition) is 4. The molecule has 0 radical (unpaired) electrons. The van der Waals surface area contributed by atoms with Crippen LogP contribution in [0.25, 0.3) is 10.2 Å². The van der Waals surface area contributed by atoms with Gasteiger partial charge in [-0.1, -0.05) is 29.8 Å². The minimum atomic E-state index is 0. The highest BCUT2D eigenvalue weighted by Crippen LogP contribution is 2.29. The van der Waals surface area contributed by atoms with E-state index in [1.165, 1.54) is 11.3 Å². The van der Waals surface area contributed by atoms with E-state index in [1.807, 2.05) is 41.9 Å². The topological polar surface area (TPSA) is 59.0 Å². The van der Waals surface area contributed by atoms with E-state index >= 15 is 0 Å². The molecular weight excluding hydrogens is 403 g/mol. The fraction of sp³-hybridized carbons (Fsp3) is 0.368. The average molecular weight is 425 g/mol. The van der Waals surface area contributed by atoms with Crippen molar-refractivity contribution in [1.29, 1.82) is 0 Å². The van der Waals surface area contributed by atoms with Crippen molar-refractivity contribution in [1.82, 2.24) is 20.4 Å². The van der Waals surface area contributed by atoms with Crippen molar-refractivity contribution in [2.24, 2.45) is 0 Å². The van der Waals surface area contributed by atoms with E-state index in [1.54, 1.807) is 0 Å². The number of halogens is 2. The Morgan fingerprint density at radius 3 is 3.00 bits per heavy atom. The second-order valence-corrected chi connectivity index (χ2v) is 8.12. The van der Waals surface area contributed by atoms with Crippen molar-refractivity contribution in [3.63, 3.8) is 0 Å². The number of carbonyl (C=O) groups excluding carboxylic acids is 1. The molecule has 3 aromatic rings. The Balaban J connectivity index is 0.00000210. The maximum Gasteiger partial charge on any atom is 0.261 e. The summed E-state index contributed by atoms with van der Waals surface area (Å²) in [7, 11) is 0. The Labute approximate surface area is 173 Å². The Kier molecular flexibility index (Phi) is 6.42. The van der Waals surface area contributed by atoms with Crippen LogP contribution in [-0.4, -0.2) is 34.8 Å². The summed E-state index contributed by atoms with van der Waals surface area (Å²) in [5, 5.41) is 12.9. The molecule has 144 valence electrons. The first-order chi connectivity index (χ1) is 12.6. The van der Waals surface area contributed by atoms with Crippen LogP contribution in [0.5, 0.6) is 0 Å². The fourth-order valence-corrected chi connectivity index (χ4v) is 4.61. The Bertz CT molecular complexity index is 946. The summed E-state index contributed by atoms with van der Waals surface area (Å²) < 4.78 is 1.94. The summed E-state index contributed by atoms with van der Waals surface area (Å²) in [6.07, 6.45) is 2.13. The van der Waals surface area contributed by atoms with Gasteiger partial charge in [0.05, 0.1) is 17.1 Å². The van der Waals surface area contributed by atoms with E-state index < -0.39 is 0 Å². The van der Waals surface area contributed by atoms with Gasteiger partial charge in [0.15, 0.2) is 0 Å². The minimum absolute atomic E-state index is 0. The third kappa shape index (κ3) is 4.29. The fourth-order valence-electron chi connectivity index (χ4n) is 3.35. The van der Waals surface area contributed by atoms with Gasteiger partial charge in [0.1, 0.15) is 4.83 Å². The van der Waals surface area contributed by atoms with Crippen LogP contribution in [0.4, 0.5) is 0 Å². The molecule has 2 aromatic heterocycles. The lowest BCUT2D eigenvalue weighted by Gasteiger charge is -2.23. The molecule has 27 heavy (non-hydrogen) atoms. The van der Waals surface area contributed by atoms with Crippen LogP contribution in [0.2, 0.25) is 5.02 Å². The highest BCUT2D eigenvalue weighted by Gasteiger charge is 2.20. The van der Waals surface area contributed by atoms with Crippen LogP contribution < -0.4 is 10.6 Å². The molecule has 3 heterocycles. The molecule has 1 aromatic carbocycles. The molecule has 0 aliphatic carbocycles. The van der Waals surface area contributed by atoms with Crippen LogP contribution in [0.15, 0.2) is 30.3 Å². The molecule has 0 saturated carbocycles. The molecule has 0 bridgehead atoms. The third-order valence-electron chi connectivity index (χ3n) is 4.74. The van der Waals surface area contributed by atoms with Crippen LogP contribution in [0.1, 0.15) is 33.8 Å². The SMILES string of the molecule is Cc1nn(Cc2ccccc2Cl)c2sc(C(=O)NC3CCCNC3)cc12.Cl. The number of carbonyl (C=O) groups is 1. The lowest BCUT2D eigenvalue weighted by molar-refractivity contribution is 0.0935. The zero-order chi connectivity index (χ0) is 18.1. The Morgan fingerprint density at radius 2 is 2.26 bits per heavy atom. The summed E-state index contributed by atoms with van der Waals surface area (Å²) >= 11 is 7.78. The van der Waals surface area contributed by atoms with E-state index in [0.717, 1.165) is 57.3 Å². The molecule has 0 spiro atoms. The first-order valence-corrected chi connectivity index (χ1v) is 10.0. The number of nitrogens with zero attached hydrogens (tertiary/aromatic N) is 2. The lowest BCUT2D eigenvalue weighted by atomic mass is 10.1. The number of amides is 1. The number of nitrogens with one attached hydrogen (secondary N) is 2. The van der Waals surface area contributed by atoms with Crippen molar-refractivity contribution in [2.45, 2.75) is 32.4 Å². The number of piperidine rings is 1. The minimum Gasteiger partial charge on any atom is -0.347 e. The molecule has 1 atom stereocenters. The van der Waals surface area contributed by atoms with Crippen molar-refractivity contribution < 1.29 is 4.79 Å². The van der Waals surface area contributed by atoms with Crippen LogP contribution >= 0.6 is 35.3 Å². The van der Waals surface area contributed by atoms with Crippen molar-refractivity contribution in [2.75, 3.05) is 13.1 Å². The first kappa shape index (κ1) is 20.1. The number of aryl methyl sites for hydroxylation is 1. The van der Waals surface area contributed by atoms with Gasteiger partial charge in [-0.2, -0.15) is 5.10 Å². The summed E-state index contributed by atoms with van der Waals surface area (Å²) in [4.78, 5) is 14.4. The molecule has 1 fully saturated rings. The van der Waals surface area contributed by atoms with E-state index in [2.05, 4.69) is 15.7 Å². The predicted molar refractivity (Wildman–Crippen MR) is 114 cm³/mol. The molecule has 1 aliphatic rings. The molecule has 1 amide bonds. The van der Waals surface area contributed by atoms with Gasteiger partial charge in [0, 0.05) is 23.0 Å². The van der Waals surface area contributed by atoms with Crippen LogP contribution in [-0.2, 0) is 6.54 Å². The lowest BCUT2D eigenvalue weighted by Crippen LogP contribution is -2.45. The van der Waals surface area contributed by atoms with E-state index in [4.69, 9.17) is 11.6 Å². The average Bonchev–Trinajstić information content (AvgIpc) is 3.20. The number of aromatic nitrogens is 2. The van der Waals surface area contributed by atoms with Crippen LogP contribution in [0, 0.1) is 6.92 Å². The highest BCUT2D eigenvalue weighted by molar-refractivity contribution is 7.20. The van der Waals surface area contributed by atoms with E-state index in [0.29, 0.717) is 6.54 Å². The molecule has 2 N–H and O–H groups in total. The van der Waals surface area contributed by atoms with Crippen LogP contribution in [0.3, 0.4) is 0 Å². The highest BCUT2D eigenvalue weighted by atomic mass is 35.5. The van der Waals surface area contributed by atoms with Gasteiger partial charge in [-0.25, -0.2) is 0 Å². The molecule has 5 nitrogen and oxygen atoms in total. The van der Waals surface area contributed by atoms with Gasteiger partial charge < -0.3 is 10.6 Å². The van der Waals surface area contributed by atoms with Crippen molar-refractivity contribution in [3.05, 3.63) is 51.5 Å². The number of rotatable bonds is 4. The largest absolute Gasteiger partial charge is 0.347 e. The molecule has 1 aliphatic heterocycles. The summed E-state index contributed by atoms with van der Waals surface area (Å²) in [5.41, 5.74) is 1.95. The Hall–Kier alpha value is -1.60. The maximum atomic E-state index is 12.6. The summed E-state index contributed by atoms with van der Waals surface area (Å²) in [6, 6.07) is 9.95. The smallest absolute Gasteiger partial charge is 0.261 e. The maximum absolute atomic E-state index is 12.6. The summed E-state index contributed by atoms with van der Waals surface area (Å²) in [6.45, 7) is 4.45. The van der Waals surface area contributed by atoms with Gasteiger partial charge in [0.25, 0.3) is 5.91 Å². The van der Waals surface area contributed by atoms with Gasteiger partial charge >= 0.3 is 0 Å². The normalized spacial score (nSPS) is 16.9. The standard InChI is InChI=1S/C19H21ClN4OS.ClH/c1-12-15-9-17(18(25)22-14-6-4-8-21-10-14)26-19(15)24(23-12)11-13-5-2-3-7-16(13)20;/h2-3,5,7,9,14,21H,4,6,8,10-11H2,1H3,(H,22,25);1H. The molecule has 1 unspecified atom stereocenters. The zero-order valence-corrected chi connectivity index (χ0v) is 17.4. The molecular formula is C19H22Cl2N4OS.